The summed E-state index contributed by atoms with van der Waals surface area (Å²) in [5, 5.41) is 2.82. The van der Waals surface area contributed by atoms with Gasteiger partial charge in [0.25, 0.3) is 0 Å². The number of anilines is 1. The van der Waals surface area contributed by atoms with E-state index in [0.29, 0.717) is 5.69 Å². The maximum atomic E-state index is 12.9. The minimum atomic E-state index is -0.307. The lowest BCUT2D eigenvalue weighted by molar-refractivity contribution is -0.898. The standard InChI is InChI=1S/C20H22FN3O/c21-18-8-10-19(11-9-18)22-20(25)24-15-13-23(14-16-24)12-4-7-17-5-2-1-3-6-17/h1-11H,12-16H2,(H,22,25)/p+1/b7-4+. The average Bonchev–Trinajstić information content (AvgIpc) is 2.65. The van der Waals surface area contributed by atoms with E-state index in [0.717, 1.165) is 32.7 Å². The normalized spacial score (nSPS) is 15.5. The van der Waals surface area contributed by atoms with Gasteiger partial charge in [-0.3, -0.25) is 0 Å². The molecule has 0 saturated carbocycles. The molecule has 25 heavy (non-hydrogen) atoms. The Morgan fingerprint density at radius 3 is 2.44 bits per heavy atom. The number of halogens is 1. The molecule has 2 N–H and O–H groups in total. The molecule has 2 amide bonds. The summed E-state index contributed by atoms with van der Waals surface area (Å²) in [5.74, 6) is -0.307. The minimum Gasteiger partial charge on any atom is -0.329 e. The molecule has 2 aromatic carbocycles. The number of rotatable bonds is 4. The van der Waals surface area contributed by atoms with Crippen LogP contribution in [0.3, 0.4) is 0 Å². The smallest absolute Gasteiger partial charge is 0.322 e. The molecular formula is C20H23FN3O+. The maximum Gasteiger partial charge on any atom is 0.322 e. The minimum absolute atomic E-state index is 0.120. The number of nitrogens with zero attached hydrogens (tertiary/aromatic N) is 1. The van der Waals surface area contributed by atoms with Gasteiger partial charge in [-0.15, -0.1) is 0 Å². The van der Waals surface area contributed by atoms with Gasteiger partial charge in [0.2, 0.25) is 0 Å². The van der Waals surface area contributed by atoms with Crippen molar-refractivity contribution in [3.05, 3.63) is 72.1 Å². The summed E-state index contributed by atoms with van der Waals surface area (Å²) in [6.45, 7) is 4.26. The number of piperazine rings is 1. The first-order valence-corrected chi connectivity index (χ1v) is 8.57. The van der Waals surface area contributed by atoms with E-state index in [1.807, 2.05) is 23.1 Å². The number of carbonyl (C=O) groups excluding carboxylic acids is 1. The quantitative estimate of drug-likeness (QED) is 0.880. The van der Waals surface area contributed by atoms with Gasteiger partial charge < -0.3 is 15.1 Å². The lowest BCUT2D eigenvalue weighted by atomic mass is 10.2. The van der Waals surface area contributed by atoms with Crippen LogP contribution in [0.25, 0.3) is 6.08 Å². The fourth-order valence-corrected chi connectivity index (χ4v) is 2.89. The van der Waals surface area contributed by atoms with Crippen molar-refractivity contribution in [3.8, 4) is 0 Å². The second kappa shape index (κ2) is 8.44. The summed E-state index contributed by atoms with van der Waals surface area (Å²) in [6, 6.07) is 16.0. The summed E-state index contributed by atoms with van der Waals surface area (Å²) < 4.78 is 12.9. The van der Waals surface area contributed by atoms with Crippen LogP contribution in [0.5, 0.6) is 0 Å². The van der Waals surface area contributed by atoms with Crippen molar-refractivity contribution in [1.82, 2.24) is 4.90 Å². The van der Waals surface area contributed by atoms with E-state index >= 15 is 0 Å². The molecule has 5 heteroatoms. The molecule has 1 fully saturated rings. The predicted octanol–water partition coefficient (Wildman–Crippen LogP) is 2.27. The molecule has 0 unspecified atom stereocenters. The highest BCUT2D eigenvalue weighted by Crippen LogP contribution is 2.09. The molecule has 0 radical (unpaired) electrons. The zero-order valence-electron chi connectivity index (χ0n) is 14.1. The number of quaternary nitrogens is 1. The molecule has 1 aliphatic rings. The summed E-state index contributed by atoms with van der Waals surface area (Å²) in [5.41, 5.74) is 1.83. The largest absolute Gasteiger partial charge is 0.329 e. The van der Waals surface area contributed by atoms with Crippen molar-refractivity contribution in [2.45, 2.75) is 0 Å². The molecule has 0 spiro atoms. The Morgan fingerprint density at radius 1 is 1.08 bits per heavy atom. The molecule has 130 valence electrons. The number of benzene rings is 2. The highest BCUT2D eigenvalue weighted by atomic mass is 19.1. The van der Waals surface area contributed by atoms with Gasteiger partial charge in [-0.05, 0) is 35.9 Å². The van der Waals surface area contributed by atoms with Gasteiger partial charge in [0, 0.05) is 5.69 Å². The SMILES string of the molecule is O=C(Nc1ccc(F)cc1)N1CC[NH+](C/C=C/c2ccccc2)CC1. The number of nitrogens with one attached hydrogen (secondary N) is 2. The lowest BCUT2D eigenvalue weighted by Crippen LogP contribution is -3.14. The monoisotopic (exact) mass is 340 g/mol. The third-order valence-corrected chi connectivity index (χ3v) is 4.37. The molecular weight excluding hydrogens is 317 g/mol. The van der Waals surface area contributed by atoms with E-state index in [-0.39, 0.29) is 11.8 Å². The number of hydrogen-bond acceptors (Lipinski definition) is 1. The summed E-state index contributed by atoms with van der Waals surface area (Å²) in [6.07, 6.45) is 4.33. The second-order valence-corrected chi connectivity index (χ2v) is 6.19. The van der Waals surface area contributed by atoms with E-state index in [2.05, 4.69) is 29.6 Å². The Hall–Kier alpha value is -2.66. The summed E-state index contributed by atoms with van der Waals surface area (Å²) >= 11 is 0. The highest BCUT2D eigenvalue weighted by molar-refractivity contribution is 5.89. The zero-order chi connectivity index (χ0) is 17.5. The number of amides is 2. The first-order chi connectivity index (χ1) is 12.2. The van der Waals surface area contributed by atoms with Gasteiger partial charge in [-0.25, -0.2) is 9.18 Å². The Balaban J connectivity index is 1.42. The molecule has 0 atom stereocenters. The van der Waals surface area contributed by atoms with Crippen LogP contribution in [-0.4, -0.2) is 43.7 Å². The molecule has 2 aromatic rings. The molecule has 0 bridgehead atoms. The topological polar surface area (TPSA) is 36.8 Å². The van der Waals surface area contributed by atoms with Gasteiger partial charge >= 0.3 is 6.03 Å². The third-order valence-electron chi connectivity index (χ3n) is 4.37. The van der Waals surface area contributed by atoms with Crippen LogP contribution in [0.2, 0.25) is 0 Å². The first-order valence-electron chi connectivity index (χ1n) is 8.57. The van der Waals surface area contributed by atoms with Gasteiger partial charge in [0.1, 0.15) is 5.82 Å². The number of hydrogen-bond donors (Lipinski definition) is 2. The van der Waals surface area contributed by atoms with Crippen molar-refractivity contribution >= 4 is 17.8 Å². The summed E-state index contributed by atoms with van der Waals surface area (Å²) in [7, 11) is 0. The van der Waals surface area contributed by atoms with Gasteiger partial charge in [-0.2, -0.15) is 0 Å². The van der Waals surface area contributed by atoms with Crippen LogP contribution < -0.4 is 10.2 Å². The zero-order valence-corrected chi connectivity index (χ0v) is 14.1. The Morgan fingerprint density at radius 2 is 1.76 bits per heavy atom. The third kappa shape index (κ3) is 5.16. The molecule has 1 heterocycles. The fraction of sp³-hybridized carbons (Fsp3) is 0.250. The molecule has 3 rings (SSSR count). The Kier molecular flexibility index (Phi) is 5.80. The molecule has 0 aromatic heterocycles. The fourth-order valence-electron chi connectivity index (χ4n) is 2.89. The number of urea groups is 1. The first kappa shape index (κ1) is 17.2. The molecule has 0 aliphatic carbocycles. The Labute approximate surface area is 147 Å². The van der Waals surface area contributed by atoms with E-state index in [9.17, 15) is 9.18 Å². The maximum absolute atomic E-state index is 12.9. The van der Waals surface area contributed by atoms with Crippen LogP contribution in [-0.2, 0) is 0 Å². The van der Waals surface area contributed by atoms with E-state index in [1.165, 1.54) is 22.6 Å². The van der Waals surface area contributed by atoms with E-state index in [4.69, 9.17) is 0 Å². The van der Waals surface area contributed by atoms with Crippen molar-refractivity contribution in [2.24, 2.45) is 0 Å². The van der Waals surface area contributed by atoms with Gasteiger partial charge in [-0.1, -0.05) is 36.4 Å². The van der Waals surface area contributed by atoms with Crippen LogP contribution >= 0.6 is 0 Å². The van der Waals surface area contributed by atoms with Crippen LogP contribution in [0.4, 0.5) is 14.9 Å². The van der Waals surface area contributed by atoms with Crippen molar-refractivity contribution < 1.29 is 14.1 Å². The van der Waals surface area contributed by atoms with Crippen LogP contribution in [0, 0.1) is 5.82 Å². The van der Waals surface area contributed by atoms with Gasteiger partial charge in [0.05, 0.1) is 32.7 Å². The van der Waals surface area contributed by atoms with Crippen molar-refractivity contribution in [2.75, 3.05) is 38.0 Å². The molecule has 1 saturated heterocycles. The molecule has 1 aliphatic heterocycles. The van der Waals surface area contributed by atoms with E-state index < -0.39 is 0 Å². The van der Waals surface area contributed by atoms with Gasteiger partial charge in [0.15, 0.2) is 0 Å². The van der Waals surface area contributed by atoms with Crippen molar-refractivity contribution in [1.29, 1.82) is 0 Å². The van der Waals surface area contributed by atoms with Crippen LogP contribution in [0.1, 0.15) is 5.56 Å². The van der Waals surface area contributed by atoms with Crippen molar-refractivity contribution in [3.63, 3.8) is 0 Å². The molecule has 4 nitrogen and oxygen atoms in total. The Bertz CT molecular complexity index is 707. The van der Waals surface area contributed by atoms with E-state index in [1.54, 1.807) is 12.1 Å². The predicted molar refractivity (Wildman–Crippen MR) is 98.0 cm³/mol. The lowest BCUT2D eigenvalue weighted by Gasteiger charge is -2.31. The van der Waals surface area contributed by atoms with Crippen LogP contribution in [0.15, 0.2) is 60.7 Å². The average molecular weight is 340 g/mol. The summed E-state index contributed by atoms with van der Waals surface area (Å²) in [4.78, 5) is 15.5. The highest BCUT2D eigenvalue weighted by Gasteiger charge is 2.22. The second-order valence-electron chi connectivity index (χ2n) is 6.19. The number of carbonyl (C=O) groups is 1.